The van der Waals surface area contributed by atoms with Gasteiger partial charge in [0.25, 0.3) is 0 Å². The van der Waals surface area contributed by atoms with Crippen LogP contribution in [0.3, 0.4) is 0 Å². The van der Waals surface area contributed by atoms with E-state index in [4.69, 9.17) is 0 Å². The zero-order valence-corrected chi connectivity index (χ0v) is 27.9. The molecule has 0 bridgehead atoms. The number of likely N-dealkylation sites (tertiary alicyclic amines) is 1. The highest BCUT2D eigenvalue weighted by molar-refractivity contribution is 7.13. The van der Waals surface area contributed by atoms with E-state index in [0.717, 1.165) is 60.8 Å². The molecule has 43 heavy (non-hydrogen) atoms. The topological polar surface area (TPSA) is 127 Å². The van der Waals surface area contributed by atoms with E-state index < -0.39 is 23.6 Å². The van der Waals surface area contributed by atoms with Gasteiger partial charge in [-0.1, -0.05) is 45.0 Å². The summed E-state index contributed by atoms with van der Waals surface area (Å²) in [5, 5.41) is 19.6. The van der Waals surface area contributed by atoms with Crippen LogP contribution in [-0.4, -0.2) is 95.1 Å². The number of amides is 3. The van der Waals surface area contributed by atoms with Crippen LogP contribution in [0.5, 0.6) is 0 Å². The minimum atomic E-state index is -0.808. The van der Waals surface area contributed by atoms with Crippen molar-refractivity contribution in [1.29, 1.82) is 0 Å². The molecule has 4 N–H and O–H groups in total. The molecule has 4 rings (SSSR count). The second-order valence-corrected chi connectivity index (χ2v) is 13.0. The van der Waals surface area contributed by atoms with Crippen LogP contribution in [0.2, 0.25) is 0 Å². The summed E-state index contributed by atoms with van der Waals surface area (Å²) in [6.07, 6.45) is 0.413. The van der Waals surface area contributed by atoms with Crippen molar-refractivity contribution in [3.8, 4) is 10.4 Å². The standard InChI is InChI=1S/C30H44N6O4S.2ClH/c1-20-26(41-19-33-20)22-9-7-21(8-10-22)17-32-28(39)24-16-23(37)18-36(24)29(40)27(30(2,3)4)34-25(38)6-5-13-35-14-11-31-12-15-35;;/h7-10,19,23-24,27,31,37H,5-6,11-18H2,1-4H3,(H,32,39)(H,34,38);2*1H/t23-,24+,27-;;/m1../s1. The number of thiazole rings is 1. The normalized spacial score (nSPS) is 19.6. The van der Waals surface area contributed by atoms with Crippen LogP contribution in [-0.2, 0) is 20.9 Å². The van der Waals surface area contributed by atoms with Gasteiger partial charge in [0.05, 0.1) is 22.2 Å². The summed E-state index contributed by atoms with van der Waals surface area (Å²) in [4.78, 5) is 49.1. The number of aliphatic hydroxyl groups excluding tert-OH is 1. The second-order valence-electron chi connectivity index (χ2n) is 12.1. The maximum Gasteiger partial charge on any atom is 0.246 e. The third-order valence-corrected chi connectivity index (χ3v) is 8.78. The molecule has 0 aliphatic carbocycles. The van der Waals surface area contributed by atoms with Crippen molar-refractivity contribution >= 4 is 53.9 Å². The Morgan fingerprint density at radius 1 is 1.14 bits per heavy atom. The van der Waals surface area contributed by atoms with E-state index in [1.54, 1.807) is 11.3 Å². The number of nitrogens with zero attached hydrogens (tertiary/aromatic N) is 3. The molecule has 3 heterocycles. The Kier molecular flexibility index (Phi) is 14.3. The molecule has 3 atom stereocenters. The van der Waals surface area contributed by atoms with Crippen LogP contribution >= 0.6 is 36.2 Å². The van der Waals surface area contributed by atoms with Crippen molar-refractivity contribution in [2.45, 2.75) is 71.7 Å². The van der Waals surface area contributed by atoms with Gasteiger partial charge in [-0.25, -0.2) is 4.98 Å². The van der Waals surface area contributed by atoms with E-state index in [1.807, 2.05) is 57.5 Å². The van der Waals surface area contributed by atoms with E-state index in [-0.39, 0.29) is 55.5 Å². The van der Waals surface area contributed by atoms with Gasteiger partial charge in [-0.15, -0.1) is 36.2 Å². The number of benzene rings is 1. The molecule has 2 saturated heterocycles. The molecule has 0 unspecified atom stereocenters. The number of aromatic nitrogens is 1. The highest BCUT2D eigenvalue weighted by Crippen LogP contribution is 2.28. The number of β-amino-alcohol motifs (C(OH)–C–C–N with tert-alkyl or cyclic N) is 1. The molecule has 3 amide bonds. The molecule has 13 heteroatoms. The number of aliphatic hydroxyl groups is 1. The Bertz CT molecular complexity index is 1200. The maximum absolute atomic E-state index is 13.8. The highest BCUT2D eigenvalue weighted by Gasteiger charge is 2.44. The smallest absolute Gasteiger partial charge is 0.246 e. The molecule has 10 nitrogen and oxygen atoms in total. The maximum atomic E-state index is 13.8. The Morgan fingerprint density at radius 3 is 2.42 bits per heavy atom. The molecule has 2 fully saturated rings. The van der Waals surface area contributed by atoms with Gasteiger partial charge in [-0.3, -0.25) is 14.4 Å². The van der Waals surface area contributed by atoms with Gasteiger partial charge in [0, 0.05) is 52.1 Å². The lowest BCUT2D eigenvalue weighted by molar-refractivity contribution is -0.144. The van der Waals surface area contributed by atoms with Gasteiger partial charge in [0.1, 0.15) is 12.1 Å². The van der Waals surface area contributed by atoms with Crippen molar-refractivity contribution in [1.82, 2.24) is 30.7 Å². The van der Waals surface area contributed by atoms with Gasteiger partial charge in [-0.05, 0) is 36.4 Å². The van der Waals surface area contributed by atoms with Crippen LogP contribution in [0, 0.1) is 12.3 Å². The summed E-state index contributed by atoms with van der Waals surface area (Å²) in [6.45, 7) is 12.8. The zero-order valence-electron chi connectivity index (χ0n) is 25.4. The number of aryl methyl sites for hydroxylation is 1. The third kappa shape index (κ3) is 10.1. The average Bonchev–Trinajstić information content (AvgIpc) is 3.55. The molecule has 240 valence electrons. The van der Waals surface area contributed by atoms with Crippen LogP contribution in [0.25, 0.3) is 10.4 Å². The van der Waals surface area contributed by atoms with Crippen molar-refractivity contribution in [2.24, 2.45) is 5.41 Å². The number of halogens is 2. The fourth-order valence-electron chi connectivity index (χ4n) is 5.41. The number of hydrogen-bond donors (Lipinski definition) is 4. The lowest BCUT2D eigenvalue weighted by atomic mass is 9.85. The Labute approximate surface area is 271 Å². The van der Waals surface area contributed by atoms with Crippen LogP contribution < -0.4 is 16.0 Å². The lowest BCUT2D eigenvalue weighted by Gasteiger charge is -2.35. The van der Waals surface area contributed by atoms with Crippen molar-refractivity contribution in [3.05, 3.63) is 41.0 Å². The quantitative estimate of drug-likeness (QED) is 0.310. The predicted molar refractivity (Wildman–Crippen MR) is 175 cm³/mol. The number of carbonyl (C=O) groups is 3. The van der Waals surface area contributed by atoms with E-state index in [2.05, 4.69) is 25.8 Å². The molecule has 0 radical (unpaired) electrons. The first-order chi connectivity index (χ1) is 19.5. The Morgan fingerprint density at radius 2 is 1.81 bits per heavy atom. The molecule has 1 aromatic heterocycles. The summed E-state index contributed by atoms with van der Waals surface area (Å²) >= 11 is 1.59. The molecule has 2 aromatic rings. The SMILES string of the molecule is Cc1ncsc1-c1ccc(CNC(=O)[C@@H]2C[C@@H](O)CN2C(=O)[C@@H](NC(=O)CCCN2CCNCC2)C(C)(C)C)cc1.Cl.Cl. The van der Waals surface area contributed by atoms with Crippen molar-refractivity contribution in [3.63, 3.8) is 0 Å². The largest absolute Gasteiger partial charge is 0.391 e. The van der Waals surface area contributed by atoms with Gasteiger partial charge < -0.3 is 30.9 Å². The number of carbonyl (C=O) groups excluding carboxylic acids is 3. The Balaban J connectivity index is 0.00000323. The second kappa shape index (κ2) is 16.7. The van der Waals surface area contributed by atoms with Gasteiger partial charge in [0.15, 0.2) is 0 Å². The first-order valence-electron chi connectivity index (χ1n) is 14.5. The molecule has 1 aromatic carbocycles. The van der Waals surface area contributed by atoms with Crippen LogP contribution in [0.1, 0.15) is 51.3 Å². The van der Waals surface area contributed by atoms with Crippen molar-refractivity contribution < 1.29 is 19.5 Å². The van der Waals surface area contributed by atoms with Crippen LogP contribution in [0.15, 0.2) is 29.8 Å². The molecular formula is C30H46Cl2N6O4S. The summed E-state index contributed by atoms with van der Waals surface area (Å²) in [5.74, 6) is -0.827. The number of hydrogen-bond acceptors (Lipinski definition) is 8. The number of nitrogens with one attached hydrogen (secondary N) is 3. The lowest BCUT2D eigenvalue weighted by Crippen LogP contribution is -2.57. The Hall–Kier alpha value is -2.28. The molecule has 0 spiro atoms. The first kappa shape index (κ1) is 36.9. The average molecular weight is 658 g/mol. The van der Waals surface area contributed by atoms with Crippen LogP contribution in [0.4, 0.5) is 0 Å². The number of rotatable bonds is 10. The van der Waals surface area contributed by atoms with E-state index >= 15 is 0 Å². The zero-order chi connectivity index (χ0) is 29.6. The third-order valence-electron chi connectivity index (χ3n) is 7.80. The highest BCUT2D eigenvalue weighted by atomic mass is 35.5. The van der Waals surface area contributed by atoms with E-state index in [9.17, 15) is 19.5 Å². The fraction of sp³-hybridized carbons (Fsp3) is 0.600. The first-order valence-corrected chi connectivity index (χ1v) is 15.4. The predicted octanol–water partition coefficient (Wildman–Crippen LogP) is 2.76. The number of piperazine rings is 1. The molecule has 2 aliphatic rings. The monoisotopic (exact) mass is 656 g/mol. The van der Waals surface area contributed by atoms with Gasteiger partial charge >= 0.3 is 0 Å². The van der Waals surface area contributed by atoms with Gasteiger partial charge in [-0.2, -0.15) is 0 Å². The summed E-state index contributed by atoms with van der Waals surface area (Å²) < 4.78 is 0. The van der Waals surface area contributed by atoms with Crippen molar-refractivity contribution in [2.75, 3.05) is 39.3 Å². The summed E-state index contributed by atoms with van der Waals surface area (Å²) in [6, 6.07) is 6.35. The molecule has 2 aliphatic heterocycles. The minimum Gasteiger partial charge on any atom is -0.391 e. The minimum absolute atomic E-state index is 0. The summed E-state index contributed by atoms with van der Waals surface area (Å²) in [5.41, 5.74) is 4.25. The van der Waals surface area contributed by atoms with Gasteiger partial charge in [0.2, 0.25) is 17.7 Å². The van der Waals surface area contributed by atoms with E-state index in [0.29, 0.717) is 13.0 Å². The fourth-order valence-corrected chi connectivity index (χ4v) is 6.22. The van der Waals surface area contributed by atoms with E-state index in [1.165, 1.54) is 4.90 Å². The molecule has 0 saturated carbocycles. The molecular weight excluding hydrogens is 611 g/mol. The summed E-state index contributed by atoms with van der Waals surface area (Å²) in [7, 11) is 0.